The third kappa shape index (κ3) is 5.04. The Balaban J connectivity index is 2.17. The fourth-order valence-electron chi connectivity index (χ4n) is 2.11. The zero-order valence-electron chi connectivity index (χ0n) is 14.2. The molecule has 0 saturated heterocycles. The lowest BCUT2D eigenvalue weighted by Gasteiger charge is -2.16. The number of carbonyl (C=O) groups is 1. The average molecular weight is 332 g/mol. The van der Waals surface area contributed by atoms with Gasteiger partial charge in [-0.2, -0.15) is 5.10 Å². The van der Waals surface area contributed by atoms with Crippen LogP contribution >= 0.6 is 0 Å². The fraction of sp³-hybridized carbons (Fsp3) is 0.412. The summed E-state index contributed by atoms with van der Waals surface area (Å²) in [6.45, 7) is 9.84. The third-order valence-electron chi connectivity index (χ3n) is 3.56. The molecule has 0 atom stereocenters. The van der Waals surface area contributed by atoms with Crippen LogP contribution in [0.1, 0.15) is 16.1 Å². The quantitative estimate of drug-likeness (QED) is 0.617. The SMILES string of the molecule is Cc1ccc(-c2cc(C(=O)O)nn2COCC[Si](C)(C)C)cc1. The van der Waals surface area contributed by atoms with Crippen LogP contribution in [0.2, 0.25) is 25.7 Å². The maximum atomic E-state index is 11.2. The fourth-order valence-corrected chi connectivity index (χ4v) is 2.86. The number of rotatable bonds is 7. The van der Waals surface area contributed by atoms with Gasteiger partial charge >= 0.3 is 5.97 Å². The van der Waals surface area contributed by atoms with Gasteiger partial charge in [0.1, 0.15) is 6.73 Å². The topological polar surface area (TPSA) is 64.3 Å². The Labute approximate surface area is 137 Å². The lowest BCUT2D eigenvalue weighted by molar-refractivity contribution is 0.0673. The van der Waals surface area contributed by atoms with Gasteiger partial charge in [-0.3, -0.25) is 0 Å². The number of benzene rings is 1. The van der Waals surface area contributed by atoms with Gasteiger partial charge in [0.15, 0.2) is 5.69 Å². The van der Waals surface area contributed by atoms with Crippen LogP contribution in [0.25, 0.3) is 11.3 Å². The van der Waals surface area contributed by atoms with E-state index in [-0.39, 0.29) is 12.4 Å². The summed E-state index contributed by atoms with van der Waals surface area (Å²) in [5.41, 5.74) is 2.89. The molecule has 1 heterocycles. The lowest BCUT2D eigenvalue weighted by Crippen LogP contribution is -2.22. The Kier molecular flexibility index (Phi) is 5.38. The molecule has 0 fully saturated rings. The molecule has 0 aliphatic heterocycles. The smallest absolute Gasteiger partial charge is 0.356 e. The minimum absolute atomic E-state index is 0.0365. The van der Waals surface area contributed by atoms with Crippen molar-refractivity contribution < 1.29 is 14.6 Å². The largest absolute Gasteiger partial charge is 0.476 e. The molecule has 0 aliphatic carbocycles. The molecule has 0 saturated carbocycles. The molecule has 1 aromatic carbocycles. The van der Waals surface area contributed by atoms with Gasteiger partial charge in [0.25, 0.3) is 0 Å². The highest BCUT2D eigenvalue weighted by atomic mass is 28.3. The van der Waals surface area contributed by atoms with Crippen LogP contribution < -0.4 is 0 Å². The second-order valence-corrected chi connectivity index (χ2v) is 12.6. The monoisotopic (exact) mass is 332 g/mol. The molecule has 23 heavy (non-hydrogen) atoms. The van der Waals surface area contributed by atoms with Crippen LogP contribution in [-0.2, 0) is 11.5 Å². The van der Waals surface area contributed by atoms with Crippen molar-refractivity contribution in [2.75, 3.05) is 6.61 Å². The van der Waals surface area contributed by atoms with Gasteiger partial charge in [0, 0.05) is 14.7 Å². The molecule has 124 valence electrons. The van der Waals surface area contributed by atoms with Crippen molar-refractivity contribution in [1.82, 2.24) is 9.78 Å². The Hall–Kier alpha value is -1.92. The Bertz CT molecular complexity index is 672. The number of nitrogens with zero attached hydrogens (tertiary/aromatic N) is 2. The minimum Gasteiger partial charge on any atom is -0.476 e. The summed E-state index contributed by atoms with van der Waals surface area (Å²) in [5, 5.41) is 13.3. The van der Waals surface area contributed by atoms with Crippen LogP contribution in [0.4, 0.5) is 0 Å². The van der Waals surface area contributed by atoms with Gasteiger partial charge in [-0.25, -0.2) is 9.48 Å². The first-order valence-electron chi connectivity index (χ1n) is 7.72. The van der Waals surface area contributed by atoms with Crippen LogP contribution in [0.3, 0.4) is 0 Å². The van der Waals surface area contributed by atoms with Crippen LogP contribution in [-0.4, -0.2) is 35.5 Å². The molecular weight excluding hydrogens is 308 g/mol. The molecule has 0 bridgehead atoms. The summed E-state index contributed by atoms with van der Waals surface area (Å²) < 4.78 is 7.34. The molecule has 0 aliphatic rings. The van der Waals surface area contributed by atoms with Crippen molar-refractivity contribution in [3.8, 4) is 11.3 Å². The van der Waals surface area contributed by atoms with Crippen molar-refractivity contribution in [2.45, 2.75) is 39.3 Å². The first-order chi connectivity index (χ1) is 10.8. The van der Waals surface area contributed by atoms with Gasteiger partial charge in [0.2, 0.25) is 0 Å². The number of ether oxygens (including phenoxy) is 1. The summed E-state index contributed by atoms with van der Waals surface area (Å²) >= 11 is 0. The highest BCUT2D eigenvalue weighted by Gasteiger charge is 2.16. The molecule has 0 unspecified atom stereocenters. The van der Waals surface area contributed by atoms with Crippen molar-refractivity contribution >= 4 is 14.0 Å². The van der Waals surface area contributed by atoms with E-state index in [9.17, 15) is 9.90 Å². The van der Waals surface area contributed by atoms with Crippen molar-refractivity contribution in [1.29, 1.82) is 0 Å². The van der Waals surface area contributed by atoms with E-state index < -0.39 is 14.0 Å². The molecule has 0 spiro atoms. The summed E-state index contributed by atoms with van der Waals surface area (Å²) in [6, 6.07) is 10.6. The molecule has 1 aromatic heterocycles. The first-order valence-corrected chi connectivity index (χ1v) is 11.4. The van der Waals surface area contributed by atoms with Gasteiger partial charge in [-0.1, -0.05) is 49.5 Å². The standard InChI is InChI=1S/C17H24N2O3Si/c1-13-5-7-14(8-6-13)16-11-15(17(20)21)18-19(16)12-22-9-10-23(2,3)4/h5-8,11H,9-10,12H2,1-4H3,(H,20,21). The molecule has 6 heteroatoms. The molecular formula is C17H24N2O3Si. The molecule has 5 nitrogen and oxygen atoms in total. The first kappa shape index (κ1) is 17.4. The third-order valence-corrected chi connectivity index (χ3v) is 5.26. The van der Waals surface area contributed by atoms with Crippen molar-refractivity contribution in [3.05, 3.63) is 41.6 Å². The summed E-state index contributed by atoms with van der Waals surface area (Å²) in [6.07, 6.45) is 0. The van der Waals surface area contributed by atoms with E-state index in [1.165, 1.54) is 0 Å². The van der Waals surface area contributed by atoms with Crippen LogP contribution in [0.5, 0.6) is 0 Å². The van der Waals surface area contributed by atoms with E-state index in [4.69, 9.17) is 4.74 Å². The Morgan fingerprint density at radius 3 is 2.48 bits per heavy atom. The van der Waals surface area contributed by atoms with E-state index in [0.29, 0.717) is 6.61 Å². The highest BCUT2D eigenvalue weighted by Crippen LogP contribution is 2.21. The number of hydrogen-bond donors (Lipinski definition) is 1. The maximum absolute atomic E-state index is 11.2. The van der Waals surface area contributed by atoms with Crippen molar-refractivity contribution in [3.63, 3.8) is 0 Å². The molecule has 1 N–H and O–H groups in total. The summed E-state index contributed by atoms with van der Waals surface area (Å²) in [7, 11) is -1.14. The van der Waals surface area contributed by atoms with E-state index in [1.807, 2.05) is 31.2 Å². The van der Waals surface area contributed by atoms with E-state index in [0.717, 1.165) is 22.9 Å². The zero-order valence-corrected chi connectivity index (χ0v) is 15.2. The zero-order chi connectivity index (χ0) is 17.0. The number of aryl methyl sites for hydroxylation is 1. The lowest BCUT2D eigenvalue weighted by atomic mass is 10.1. The number of carboxylic acid groups (broad SMARTS) is 1. The second kappa shape index (κ2) is 7.10. The predicted octanol–water partition coefficient (Wildman–Crippen LogP) is 3.87. The van der Waals surface area contributed by atoms with Crippen LogP contribution in [0, 0.1) is 6.92 Å². The average Bonchev–Trinajstić information content (AvgIpc) is 2.88. The summed E-state index contributed by atoms with van der Waals surface area (Å²) in [5.74, 6) is -1.03. The Morgan fingerprint density at radius 2 is 1.91 bits per heavy atom. The van der Waals surface area contributed by atoms with Gasteiger partial charge in [-0.05, 0) is 24.6 Å². The maximum Gasteiger partial charge on any atom is 0.356 e. The number of aromatic nitrogens is 2. The normalized spacial score (nSPS) is 11.7. The van der Waals surface area contributed by atoms with E-state index in [1.54, 1.807) is 10.7 Å². The molecule has 0 radical (unpaired) electrons. The van der Waals surface area contributed by atoms with E-state index in [2.05, 4.69) is 24.7 Å². The van der Waals surface area contributed by atoms with Gasteiger partial charge in [-0.15, -0.1) is 0 Å². The Morgan fingerprint density at radius 1 is 1.26 bits per heavy atom. The highest BCUT2D eigenvalue weighted by molar-refractivity contribution is 6.76. The molecule has 2 rings (SSSR count). The number of carboxylic acids is 1. The van der Waals surface area contributed by atoms with Gasteiger partial charge in [0.05, 0.1) is 5.69 Å². The molecule has 2 aromatic rings. The molecule has 0 amide bonds. The second-order valence-electron chi connectivity index (χ2n) is 6.93. The van der Waals surface area contributed by atoms with Crippen LogP contribution in [0.15, 0.2) is 30.3 Å². The number of aromatic carboxylic acids is 1. The van der Waals surface area contributed by atoms with Crippen molar-refractivity contribution in [2.24, 2.45) is 0 Å². The van der Waals surface area contributed by atoms with E-state index >= 15 is 0 Å². The minimum atomic E-state index is -1.14. The van der Waals surface area contributed by atoms with Gasteiger partial charge < -0.3 is 9.84 Å². The number of hydrogen-bond acceptors (Lipinski definition) is 3. The summed E-state index contributed by atoms with van der Waals surface area (Å²) in [4.78, 5) is 11.2. The predicted molar refractivity (Wildman–Crippen MR) is 93.5 cm³/mol.